The molecule has 0 saturated heterocycles. The van der Waals surface area contributed by atoms with Crippen molar-refractivity contribution in [3.63, 3.8) is 0 Å². The number of amides is 1. The van der Waals surface area contributed by atoms with E-state index in [0.717, 1.165) is 41.1 Å². The van der Waals surface area contributed by atoms with Crippen LogP contribution in [0.15, 0.2) is 91.0 Å². The smallest absolute Gasteiger partial charge is 0.252 e. The average molecular weight is 464 g/mol. The van der Waals surface area contributed by atoms with Gasteiger partial charge in [-0.1, -0.05) is 60.7 Å². The largest absolute Gasteiger partial charge is 0.494 e. The maximum atomic E-state index is 12.9. The summed E-state index contributed by atoms with van der Waals surface area (Å²) >= 11 is 0. The first-order valence-corrected chi connectivity index (χ1v) is 12.0. The van der Waals surface area contributed by atoms with E-state index >= 15 is 0 Å². The summed E-state index contributed by atoms with van der Waals surface area (Å²) in [6.07, 6.45) is 0.818. The molecule has 0 aliphatic heterocycles. The first-order chi connectivity index (χ1) is 17.1. The van der Waals surface area contributed by atoms with E-state index in [0.29, 0.717) is 12.2 Å². The van der Waals surface area contributed by atoms with Crippen LogP contribution in [-0.2, 0) is 6.54 Å². The van der Waals surface area contributed by atoms with Gasteiger partial charge >= 0.3 is 0 Å². The fourth-order valence-electron chi connectivity index (χ4n) is 4.50. The molecule has 0 saturated carbocycles. The molecule has 0 fully saturated rings. The number of imidazole rings is 1. The van der Waals surface area contributed by atoms with Crippen LogP contribution in [0.3, 0.4) is 0 Å². The number of ether oxygens (including phenoxy) is 1. The summed E-state index contributed by atoms with van der Waals surface area (Å²) in [6.45, 7) is 5.27. The molecule has 0 radical (unpaired) electrons. The minimum atomic E-state index is -0.240. The van der Waals surface area contributed by atoms with Crippen molar-refractivity contribution in [2.45, 2.75) is 32.9 Å². The minimum absolute atomic E-state index is 0.0890. The van der Waals surface area contributed by atoms with Gasteiger partial charge in [-0.3, -0.25) is 4.79 Å². The number of nitrogens with zero attached hydrogens (tertiary/aromatic N) is 2. The number of aryl methyl sites for hydroxylation is 2. The van der Waals surface area contributed by atoms with E-state index < -0.39 is 0 Å². The molecule has 5 rings (SSSR count). The molecule has 1 aromatic heterocycles. The SMILES string of the molecule is Cc1ccccc1C(=O)NC(C)c1nc2ccccc2n1CCCOc1ccc2ccccc2c1. The number of fused-ring (bicyclic) bond motifs is 2. The lowest BCUT2D eigenvalue weighted by atomic mass is 10.1. The summed E-state index contributed by atoms with van der Waals surface area (Å²) in [5.74, 6) is 1.63. The van der Waals surface area contributed by atoms with Gasteiger partial charge in [0, 0.05) is 12.1 Å². The van der Waals surface area contributed by atoms with Gasteiger partial charge in [0.05, 0.1) is 23.7 Å². The molecule has 4 aromatic carbocycles. The van der Waals surface area contributed by atoms with E-state index in [-0.39, 0.29) is 11.9 Å². The highest BCUT2D eigenvalue weighted by Gasteiger charge is 2.19. The Morgan fingerprint density at radius 3 is 2.54 bits per heavy atom. The van der Waals surface area contributed by atoms with Crippen LogP contribution in [0.5, 0.6) is 5.75 Å². The lowest BCUT2D eigenvalue weighted by Gasteiger charge is -2.17. The number of aromatic nitrogens is 2. The monoisotopic (exact) mass is 463 g/mol. The topological polar surface area (TPSA) is 56.2 Å². The first-order valence-electron chi connectivity index (χ1n) is 12.0. The van der Waals surface area contributed by atoms with Gasteiger partial charge in [-0.05, 0) is 66.9 Å². The van der Waals surface area contributed by atoms with Crippen molar-refractivity contribution in [1.82, 2.24) is 14.9 Å². The molecule has 1 unspecified atom stereocenters. The van der Waals surface area contributed by atoms with Gasteiger partial charge in [-0.25, -0.2) is 4.98 Å². The zero-order valence-electron chi connectivity index (χ0n) is 20.1. The summed E-state index contributed by atoms with van der Waals surface area (Å²) in [7, 11) is 0. The summed E-state index contributed by atoms with van der Waals surface area (Å²) in [6, 6.07) is 29.9. The van der Waals surface area contributed by atoms with Crippen molar-refractivity contribution >= 4 is 27.7 Å². The van der Waals surface area contributed by atoms with Crippen LogP contribution in [0.4, 0.5) is 0 Å². The molecule has 1 N–H and O–H groups in total. The maximum Gasteiger partial charge on any atom is 0.252 e. The highest BCUT2D eigenvalue weighted by atomic mass is 16.5. The Morgan fingerprint density at radius 2 is 1.69 bits per heavy atom. The molecule has 176 valence electrons. The zero-order valence-corrected chi connectivity index (χ0v) is 20.1. The standard InChI is InChI=1S/C30H29N3O2/c1-21-10-3-6-13-26(21)30(34)31-22(2)29-32-27-14-7-8-15-28(27)33(29)18-9-19-35-25-17-16-23-11-4-5-12-24(23)20-25/h3-8,10-17,20,22H,9,18-19H2,1-2H3,(H,31,34). The number of hydrogen-bond donors (Lipinski definition) is 1. The third kappa shape index (κ3) is 4.90. The predicted molar refractivity (Wildman–Crippen MR) is 141 cm³/mol. The third-order valence-corrected chi connectivity index (χ3v) is 6.32. The number of carbonyl (C=O) groups is 1. The third-order valence-electron chi connectivity index (χ3n) is 6.32. The number of hydrogen-bond acceptors (Lipinski definition) is 3. The average Bonchev–Trinajstić information content (AvgIpc) is 3.25. The lowest BCUT2D eigenvalue weighted by Crippen LogP contribution is -2.29. The van der Waals surface area contributed by atoms with Crippen molar-refractivity contribution in [2.75, 3.05) is 6.61 Å². The number of rotatable bonds is 8. The van der Waals surface area contributed by atoms with E-state index in [1.165, 1.54) is 10.8 Å². The van der Waals surface area contributed by atoms with Gasteiger partial charge in [0.15, 0.2) is 0 Å². The Hall–Kier alpha value is -4.12. The molecular formula is C30H29N3O2. The van der Waals surface area contributed by atoms with Gasteiger partial charge < -0.3 is 14.6 Å². The highest BCUT2D eigenvalue weighted by Crippen LogP contribution is 2.23. The van der Waals surface area contributed by atoms with Crippen molar-refractivity contribution in [2.24, 2.45) is 0 Å². The van der Waals surface area contributed by atoms with Crippen molar-refractivity contribution in [3.8, 4) is 5.75 Å². The van der Waals surface area contributed by atoms with E-state index in [9.17, 15) is 4.79 Å². The summed E-state index contributed by atoms with van der Waals surface area (Å²) in [5.41, 5.74) is 3.63. The quantitative estimate of drug-likeness (QED) is 0.269. The fraction of sp³-hybridized carbons (Fsp3) is 0.200. The second-order valence-electron chi connectivity index (χ2n) is 8.83. The molecule has 0 bridgehead atoms. The zero-order chi connectivity index (χ0) is 24.2. The van der Waals surface area contributed by atoms with Gasteiger partial charge in [0.2, 0.25) is 0 Å². The van der Waals surface area contributed by atoms with E-state index in [4.69, 9.17) is 9.72 Å². The fourth-order valence-corrected chi connectivity index (χ4v) is 4.50. The van der Waals surface area contributed by atoms with Crippen LogP contribution in [0.1, 0.15) is 41.1 Å². The molecule has 0 aliphatic carbocycles. The normalized spacial score (nSPS) is 12.1. The number of nitrogens with one attached hydrogen (secondary N) is 1. The molecule has 0 spiro atoms. The molecule has 1 amide bonds. The van der Waals surface area contributed by atoms with E-state index in [2.05, 4.69) is 40.2 Å². The van der Waals surface area contributed by atoms with Crippen molar-refractivity contribution < 1.29 is 9.53 Å². The van der Waals surface area contributed by atoms with Crippen LogP contribution >= 0.6 is 0 Å². The maximum absolute atomic E-state index is 12.9. The number of para-hydroxylation sites is 2. The molecule has 1 atom stereocenters. The molecule has 0 aliphatic rings. The second-order valence-corrected chi connectivity index (χ2v) is 8.83. The molecular weight excluding hydrogens is 434 g/mol. The van der Waals surface area contributed by atoms with E-state index in [1.54, 1.807) is 0 Å². The Labute approximate surface area is 205 Å². The highest BCUT2D eigenvalue weighted by molar-refractivity contribution is 5.95. The summed E-state index contributed by atoms with van der Waals surface area (Å²) < 4.78 is 8.25. The van der Waals surface area contributed by atoms with Gasteiger partial charge in [-0.2, -0.15) is 0 Å². The second kappa shape index (κ2) is 10.0. The van der Waals surface area contributed by atoms with Crippen molar-refractivity contribution in [3.05, 3.63) is 108 Å². The Bertz CT molecular complexity index is 1490. The molecule has 35 heavy (non-hydrogen) atoms. The van der Waals surface area contributed by atoms with Crippen molar-refractivity contribution in [1.29, 1.82) is 0 Å². The van der Waals surface area contributed by atoms with Crippen LogP contribution in [0.2, 0.25) is 0 Å². The molecule has 5 heteroatoms. The minimum Gasteiger partial charge on any atom is -0.494 e. The molecule has 5 aromatic rings. The first kappa shape index (κ1) is 22.7. The van der Waals surface area contributed by atoms with Crippen LogP contribution in [-0.4, -0.2) is 22.1 Å². The molecule has 5 nitrogen and oxygen atoms in total. The summed E-state index contributed by atoms with van der Waals surface area (Å²) in [4.78, 5) is 17.8. The van der Waals surface area contributed by atoms with Gasteiger partial charge in [0.25, 0.3) is 5.91 Å². The van der Waals surface area contributed by atoms with Crippen LogP contribution in [0.25, 0.3) is 21.8 Å². The predicted octanol–water partition coefficient (Wildman–Crippen LogP) is 6.46. The van der Waals surface area contributed by atoms with Crippen LogP contribution < -0.4 is 10.1 Å². The summed E-state index contributed by atoms with van der Waals surface area (Å²) in [5, 5.41) is 5.51. The lowest BCUT2D eigenvalue weighted by molar-refractivity contribution is 0.0937. The Morgan fingerprint density at radius 1 is 0.943 bits per heavy atom. The van der Waals surface area contributed by atoms with E-state index in [1.807, 2.05) is 74.5 Å². The van der Waals surface area contributed by atoms with Crippen LogP contribution in [0, 0.1) is 6.92 Å². The van der Waals surface area contributed by atoms with Gasteiger partial charge in [-0.15, -0.1) is 0 Å². The number of carbonyl (C=O) groups excluding carboxylic acids is 1. The van der Waals surface area contributed by atoms with Gasteiger partial charge in [0.1, 0.15) is 11.6 Å². The number of benzene rings is 4. The Balaban J connectivity index is 1.30. The molecule has 1 heterocycles. The Kier molecular flexibility index (Phi) is 6.49.